The van der Waals surface area contributed by atoms with Gasteiger partial charge < -0.3 is 10.4 Å². The molecule has 3 rings (SSSR count). The summed E-state index contributed by atoms with van der Waals surface area (Å²) in [5.74, 6) is -1.08. The van der Waals surface area contributed by atoms with Crippen molar-refractivity contribution in [1.82, 2.24) is 9.78 Å². The van der Waals surface area contributed by atoms with Crippen molar-refractivity contribution in [3.05, 3.63) is 66.4 Å². The molecule has 3 aromatic rings. The number of carbonyl (C=O) groups is 2. The lowest BCUT2D eigenvalue weighted by molar-refractivity contribution is -0.105. The van der Waals surface area contributed by atoms with Crippen LogP contribution in [-0.4, -0.2) is 27.3 Å². The van der Waals surface area contributed by atoms with Gasteiger partial charge in [-0.05, 0) is 30.3 Å². The first-order valence-corrected chi connectivity index (χ1v) is 6.88. The van der Waals surface area contributed by atoms with E-state index in [-0.39, 0.29) is 5.69 Å². The van der Waals surface area contributed by atoms with Crippen molar-refractivity contribution < 1.29 is 14.7 Å². The first kappa shape index (κ1) is 14.5. The maximum atomic E-state index is 11.2. The Morgan fingerprint density at radius 1 is 1.09 bits per heavy atom. The molecule has 2 N–H and O–H groups in total. The Morgan fingerprint density at radius 3 is 2.39 bits per heavy atom. The molecule has 0 fully saturated rings. The minimum Gasteiger partial charge on any atom is -0.476 e. The number of hydrogen-bond donors (Lipinski definition) is 2. The standard InChI is InChI=1S/C17H13N3O3/c21-11-18-13-6-8-14(9-7-13)20-16(10-15(19-20)17(22)23)12-4-2-1-3-5-12/h1-11H,(H,18,21)(H,22,23). The van der Waals surface area contributed by atoms with Crippen LogP contribution in [0.1, 0.15) is 10.5 Å². The lowest BCUT2D eigenvalue weighted by atomic mass is 10.1. The Labute approximate surface area is 132 Å². The molecule has 0 bridgehead atoms. The number of anilines is 1. The molecule has 23 heavy (non-hydrogen) atoms. The largest absolute Gasteiger partial charge is 0.476 e. The molecule has 0 unspecified atom stereocenters. The van der Waals surface area contributed by atoms with Crippen LogP contribution >= 0.6 is 0 Å². The smallest absolute Gasteiger partial charge is 0.356 e. The third kappa shape index (κ3) is 2.96. The number of benzene rings is 2. The lowest BCUT2D eigenvalue weighted by Gasteiger charge is -2.08. The maximum Gasteiger partial charge on any atom is 0.356 e. The van der Waals surface area contributed by atoms with Crippen LogP contribution in [0.25, 0.3) is 16.9 Å². The SMILES string of the molecule is O=CNc1ccc(-n2nc(C(=O)O)cc2-c2ccccc2)cc1. The van der Waals surface area contributed by atoms with Gasteiger partial charge in [0.15, 0.2) is 5.69 Å². The van der Waals surface area contributed by atoms with Gasteiger partial charge >= 0.3 is 5.97 Å². The van der Waals surface area contributed by atoms with E-state index in [2.05, 4.69) is 10.4 Å². The molecular weight excluding hydrogens is 294 g/mol. The number of aromatic carboxylic acids is 1. The molecule has 1 amide bonds. The van der Waals surface area contributed by atoms with Gasteiger partial charge in [-0.3, -0.25) is 4.79 Å². The number of carbonyl (C=O) groups excluding carboxylic acids is 1. The summed E-state index contributed by atoms with van der Waals surface area (Å²) in [5.41, 5.74) is 2.86. The molecule has 0 atom stereocenters. The monoisotopic (exact) mass is 307 g/mol. The first-order chi connectivity index (χ1) is 11.2. The zero-order valence-corrected chi connectivity index (χ0v) is 12.0. The van der Waals surface area contributed by atoms with Crippen LogP contribution in [0.15, 0.2) is 60.7 Å². The summed E-state index contributed by atoms with van der Waals surface area (Å²) in [4.78, 5) is 21.7. The van der Waals surface area contributed by atoms with E-state index in [9.17, 15) is 14.7 Å². The summed E-state index contributed by atoms with van der Waals surface area (Å²) < 4.78 is 1.57. The summed E-state index contributed by atoms with van der Waals surface area (Å²) in [6.45, 7) is 0. The number of aromatic nitrogens is 2. The predicted octanol–water partition coefficient (Wildman–Crippen LogP) is 2.81. The fourth-order valence-electron chi connectivity index (χ4n) is 2.26. The van der Waals surface area contributed by atoms with E-state index in [0.717, 1.165) is 5.56 Å². The molecular formula is C17H13N3O3. The van der Waals surface area contributed by atoms with Crippen molar-refractivity contribution in [3.8, 4) is 16.9 Å². The van der Waals surface area contributed by atoms with Gasteiger partial charge in [-0.2, -0.15) is 5.10 Å². The van der Waals surface area contributed by atoms with Crippen LogP contribution in [0.4, 0.5) is 5.69 Å². The van der Waals surface area contributed by atoms with E-state index in [4.69, 9.17) is 0 Å². The minimum atomic E-state index is -1.08. The predicted molar refractivity (Wildman–Crippen MR) is 85.6 cm³/mol. The van der Waals surface area contributed by atoms with Gasteiger partial charge in [0.1, 0.15) is 0 Å². The van der Waals surface area contributed by atoms with E-state index in [1.807, 2.05) is 30.3 Å². The highest BCUT2D eigenvalue weighted by atomic mass is 16.4. The molecule has 0 aliphatic rings. The normalized spacial score (nSPS) is 10.3. The Morgan fingerprint density at radius 2 is 1.78 bits per heavy atom. The Balaban J connectivity index is 2.10. The maximum absolute atomic E-state index is 11.2. The average Bonchev–Trinajstić information content (AvgIpc) is 3.02. The van der Waals surface area contributed by atoms with E-state index < -0.39 is 5.97 Å². The summed E-state index contributed by atoms with van der Waals surface area (Å²) in [5, 5.41) is 15.9. The molecule has 0 spiro atoms. The first-order valence-electron chi connectivity index (χ1n) is 6.88. The van der Waals surface area contributed by atoms with Crippen LogP contribution < -0.4 is 5.32 Å². The van der Waals surface area contributed by atoms with E-state index in [0.29, 0.717) is 23.5 Å². The van der Waals surface area contributed by atoms with Crippen LogP contribution in [0, 0.1) is 0 Å². The molecule has 114 valence electrons. The highest BCUT2D eigenvalue weighted by molar-refractivity contribution is 5.87. The lowest BCUT2D eigenvalue weighted by Crippen LogP contribution is -2.02. The fraction of sp³-hybridized carbons (Fsp3) is 0. The second kappa shape index (κ2) is 6.15. The molecule has 0 aliphatic heterocycles. The molecule has 2 aromatic carbocycles. The van der Waals surface area contributed by atoms with Crippen molar-refractivity contribution in [2.24, 2.45) is 0 Å². The molecule has 0 saturated carbocycles. The Bertz CT molecular complexity index is 839. The van der Waals surface area contributed by atoms with Crippen molar-refractivity contribution in [1.29, 1.82) is 0 Å². The summed E-state index contributed by atoms with van der Waals surface area (Å²) in [6, 6.07) is 17.9. The van der Waals surface area contributed by atoms with Crippen molar-refractivity contribution in [2.45, 2.75) is 0 Å². The number of amides is 1. The third-order valence-electron chi connectivity index (χ3n) is 3.34. The zero-order valence-electron chi connectivity index (χ0n) is 12.0. The summed E-state index contributed by atoms with van der Waals surface area (Å²) >= 11 is 0. The number of nitrogens with zero attached hydrogens (tertiary/aromatic N) is 2. The third-order valence-corrected chi connectivity index (χ3v) is 3.34. The van der Waals surface area contributed by atoms with Gasteiger partial charge in [0.25, 0.3) is 0 Å². The highest BCUT2D eigenvalue weighted by Gasteiger charge is 2.15. The Hall–Kier alpha value is -3.41. The number of carboxylic acid groups (broad SMARTS) is 1. The second-order valence-electron chi connectivity index (χ2n) is 4.81. The molecule has 6 nitrogen and oxygen atoms in total. The molecule has 0 aliphatic carbocycles. The van der Waals surface area contributed by atoms with Crippen molar-refractivity contribution >= 4 is 18.1 Å². The fourth-order valence-corrected chi connectivity index (χ4v) is 2.26. The zero-order chi connectivity index (χ0) is 16.2. The van der Waals surface area contributed by atoms with E-state index >= 15 is 0 Å². The topological polar surface area (TPSA) is 84.2 Å². The van der Waals surface area contributed by atoms with Gasteiger partial charge in [-0.15, -0.1) is 0 Å². The second-order valence-corrected chi connectivity index (χ2v) is 4.81. The van der Waals surface area contributed by atoms with E-state index in [1.165, 1.54) is 6.07 Å². The molecule has 6 heteroatoms. The van der Waals surface area contributed by atoms with Gasteiger partial charge in [-0.1, -0.05) is 30.3 Å². The molecule has 1 aromatic heterocycles. The van der Waals surface area contributed by atoms with Crippen LogP contribution in [-0.2, 0) is 4.79 Å². The highest BCUT2D eigenvalue weighted by Crippen LogP contribution is 2.24. The van der Waals surface area contributed by atoms with Gasteiger partial charge in [-0.25, -0.2) is 9.48 Å². The summed E-state index contributed by atoms with van der Waals surface area (Å²) in [6.07, 6.45) is 0.598. The minimum absolute atomic E-state index is 0.0288. The number of hydrogen-bond acceptors (Lipinski definition) is 3. The van der Waals surface area contributed by atoms with Crippen LogP contribution in [0.5, 0.6) is 0 Å². The van der Waals surface area contributed by atoms with Crippen molar-refractivity contribution in [2.75, 3.05) is 5.32 Å². The molecule has 1 heterocycles. The molecule has 0 saturated heterocycles. The van der Waals surface area contributed by atoms with Gasteiger partial charge in [0, 0.05) is 11.3 Å². The van der Waals surface area contributed by atoms with Gasteiger partial charge in [0.05, 0.1) is 11.4 Å². The van der Waals surface area contributed by atoms with E-state index in [1.54, 1.807) is 28.9 Å². The number of nitrogens with one attached hydrogen (secondary N) is 1. The quantitative estimate of drug-likeness (QED) is 0.710. The van der Waals surface area contributed by atoms with Crippen molar-refractivity contribution in [3.63, 3.8) is 0 Å². The summed E-state index contributed by atoms with van der Waals surface area (Å²) in [7, 11) is 0. The number of rotatable bonds is 5. The Kier molecular flexibility index (Phi) is 3.88. The van der Waals surface area contributed by atoms with Crippen LogP contribution in [0.3, 0.4) is 0 Å². The number of carboxylic acids is 1. The van der Waals surface area contributed by atoms with Gasteiger partial charge in [0.2, 0.25) is 6.41 Å². The average molecular weight is 307 g/mol. The van der Waals surface area contributed by atoms with Crippen LogP contribution in [0.2, 0.25) is 0 Å². The molecule has 0 radical (unpaired) electrons.